The number of rotatable bonds is 1. The molecular formula is C24H30O4S. The normalized spacial score (nSPS) is 48.0. The Kier molecular flexibility index (Phi) is 4.27. The molecule has 7 atom stereocenters. The van der Waals surface area contributed by atoms with Crippen molar-refractivity contribution >= 4 is 28.6 Å². The van der Waals surface area contributed by atoms with E-state index < -0.39 is 5.60 Å². The summed E-state index contributed by atoms with van der Waals surface area (Å²) in [6, 6.07) is 0. The largest absolute Gasteiger partial charge is 0.454 e. The number of ketones is 1. The first-order valence-electron chi connectivity index (χ1n) is 11.0. The van der Waals surface area contributed by atoms with Gasteiger partial charge in [-0.05, 0) is 61.0 Å². The minimum absolute atomic E-state index is 0.0453. The topological polar surface area (TPSA) is 60.4 Å². The van der Waals surface area contributed by atoms with Crippen LogP contribution >= 0.6 is 11.8 Å². The van der Waals surface area contributed by atoms with E-state index in [2.05, 4.69) is 26.0 Å². The third-order valence-corrected chi connectivity index (χ3v) is 10.2. The highest BCUT2D eigenvalue weighted by Gasteiger charge is 2.66. The van der Waals surface area contributed by atoms with Crippen molar-refractivity contribution in [2.75, 3.05) is 0 Å². The zero-order valence-electron chi connectivity index (χ0n) is 17.5. The van der Waals surface area contributed by atoms with E-state index in [0.717, 1.165) is 32.1 Å². The summed E-state index contributed by atoms with van der Waals surface area (Å²) in [7, 11) is 0. The summed E-state index contributed by atoms with van der Waals surface area (Å²) >= 11 is 1.46. The molecule has 0 aromatic carbocycles. The van der Waals surface area contributed by atoms with Crippen molar-refractivity contribution in [1.29, 1.82) is 0 Å². The predicted molar refractivity (Wildman–Crippen MR) is 112 cm³/mol. The molecule has 156 valence electrons. The summed E-state index contributed by atoms with van der Waals surface area (Å²) in [4.78, 5) is 36.4. The first kappa shape index (κ1) is 19.6. The number of carbonyl (C=O) groups excluding carboxylic acids is 3. The second-order valence-corrected chi connectivity index (χ2v) is 11.7. The van der Waals surface area contributed by atoms with Crippen LogP contribution in [0, 0.1) is 28.6 Å². The Hall–Kier alpha value is -1.36. The maximum atomic E-state index is 12.2. The van der Waals surface area contributed by atoms with Crippen molar-refractivity contribution in [3.8, 4) is 0 Å². The molecule has 0 aromatic heterocycles. The Morgan fingerprint density at radius 2 is 1.97 bits per heavy atom. The van der Waals surface area contributed by atoms with E-state index in [1.807, 2.05) is 6.08 Å². The van der Waals surface area contributed by atoms with E-state index in [4.69, 9.17) is 4.74 Å². The van der Waals surface area contributed by atoms with Gasteiger partial charge < -0.3 is 4.74 Å². The van der Waals surface area contributed by atoms with Gasteiger partial charge in [-0.2, -0.15) is 0 Å². The first-order chi connectivity index (χ1) is 13.7. The number of esters is 1. The van der Waals surface area contributed by atoms with Crippen LogP contribution in [0.15, 0.2) is 23.8 Å². The molecule has 0 amide bonds. The van der Waals surface area contributed by atoms with Gasteiger partial charge >= 0.3 is 5.97 Å². The van der Waals surface area contributed by atoms with Crippen LogP contribution < -0.4 is 0 Å². The third-order valence-electron chi connectivity index (χ3n) is 9.07. The van der Waals surface area contributed by atoms with Gasteiger partial charge in [0.1, 0.15) is 5.60 Å². The lowest BCUT2D eigenvalue weighted by molar-refractivity contribution is -0.162. The molecule has 5 aliphatic rings. The number of carbonyl (C=O) groups is 3. The molecule has 2 saturated carbocycles. The SMILES string of the molecule is CC(=O)SC1CC2=CC(=O)CC[C@]2(C)C2CC[C@@]3(C)C(C=C[C@@]34CCC(=O)O4)C12. The molecule has 1 heterocycles. The zero-order chi connectivity index (χ0) is 20.6. The van der Waals surface area contributed by atoms with Gasteiger partial charge in [-0.15, -0.1) is 0 Å². The molecule has 0 aromatic rings. The van der Waals surface area contributed by atoms with Gasteiger partial charge in [0.25, 0.3) is 0 Å². The Labute approximate surface area is 176 Å². The predicted octanol–water partition coefficient (Wildman–Crippen LogP) is 4.63. The van der Waals surface area contributed by atoms with Gasteiger partial charge in [0.15, 0.2) is 10.9 Å². The van der Waals surface area contributed by atoms with Gasteiger partial charge in [-0.3, -0.25) is 14.4 Å². The van der Waals surface area contributed by atoms with E-state index in [-0.39, 0.29) is 32.9 Å². The molecule has 0 bridgehead atoms. The number of ether oxygens (including phenoxy) is 1. The molecule has 1 saturated heterocycles. The van der Waals surface area contributed by atoms with Gasteiger partial charge in [0.2, 0.25) is 0 Å². The highest BCUT2D eigenvalue weighted by molar-refractivity contribution is 8.14. The fourth-order valence-electron chi connectivity index (χ4n) is 7.50. The maximum Gasteiger partial charge on any atom is 0.306 e. The molecule has 0 N–H and O–H groups in total. The van der Waals surface area contributed by atoms with Crippen molar-refractivity contribution in [2.45, 2.75) is 76.6 Å². The minimum atomic E-state index is -0.468. The molecule has 1 aliphatic heterocycles. The summed E-state index contributed by atoms with van der Waals surface area (Å²) in [5.41, 5.74) is 0.744. The molecule has 4 unspecified atom stereocenters. The van der Waals surface area contributed by atoms with Crippen LogP contribution in [0.4, 0.5) is 0 Å². The summed E-state index contributed by atoms with van der Waals surface area (Å²) in [5.74, 6) is 1.29. The molecule has 29 heavy (non-hydrogen) atoms. The highest BCUT2D eigenvalue weighted by Crippen LogP contribution is 2.68. The fourth-order valence-corrected chi connectivity index (χ4v) is 8.70. The monoisotopic (exact) mass is 414 g/mol. The number of fused-ring (bicyclic) bond motifs is 6. The molecule has 0 radical (unpaired) electrons. The van der Waals surface area contributed by atoms with Crippen molar-refractivity contribution in [2.24, 2.45) is 28.6 Å². The van der Waals surface area contributed by atoms with Crippen LogP contribution in [0.1, 0.15) is 65.7 Å². The van der Waals surface area contributed by atoms with Crippen LogP contribution in [0.5, 0.6) is 0 Å². The number of allylic oxidation sites excluding steroid dienone is 3. The van der Waals surface area contributed by atoms with Crippen LogP contribution in [0.25, 0.3) is 0 Å². The van der Waals surface area contributed by atoms with Crippen molar-refractivity contribution in [3.63, 3.8) is 0 Å². The van der Waals surface area contributed by atoms with Crippen LogP contribution in [0.3, 0.4) is 0 Å². The van der Waals surface area contributed by atoms with Gasteiger partial charge in [0.05, 0.1) is 0 Å². The van der Waals surface area contributed by atoms with Crippen molar-refractivity contribution in [3.05, 3.63) is 23.8 Å². The minimum Gasteiger partial charge on any atom is -0.454 e. The lowest BCUT2D eigenvalue weighted by atomic mass is 9.46. The molecule has 5 rings (SSSR count). The standard InChI is InChI=1S/C24H30O4S/c1-14(25)29-19-13-15-12-16(26)4-8-22(15,2)17-5-9-23(3)18(21(17)19)6-10-24(23)11-7-20(27)28-24/h6,10,12,17-19,21H,4-5,7-9,11,13H2,1-3H3/t17?,18?,19?,21?,22-,23-,24+/m0/s1. The van der Waals surface area contributed by atoms with Gasteiger partial charge in [0, 0.05) is 36.9 Å². The van der Waals surface area contributed by atoms with Crippen LogP contribution in [-0.4, -0.2) is 27.7 Å². The average Bonchev–Trinajstić information content (AvgIpc) is 3.17. The van der Waals surface area contributed by atoms with E-state index in [0.29, 0.717) is 30.6 Å². The lowest BCUT2D eigenvalue weighted by Crippen LogP contribution is -2.58. The second-order valence-electron chi connectivity index (χ2n) is 10.3. The van der Waals surface area contributed by atoms with Crippen molar-refractivity contribution in [1.82, 2.24) is 0 Å². The quantitative estimate of drug-likeness (QED) is 0.462. The molecule has 1 spiro atoms. The van der Waals surface area contributed by atoms with E-state index in [9.17, 15) is 14.4 Å². The lowest BCUT2D eigenvalue weighted by Gasteiger charge is -2.61. The first-order valence-corrected chi connectivity index (χ1v) is 11.9. The maximum absolute atomic E-state index is 12.2. The van der Waals surface area contributed by atoms with Gasteiger partial charge in [-0.25, -0.2) is 0 Å². The Bertz CT molecular complexity index is 859. The molecule has 5 heteroatoms. The van der Waals surface area contributed by atoms with Crippen LogP contribution in [-0.2, 0) is 19.1 Å². The zero-order valence-corrected chi connectivity index (χ0v) is 18.3. The highest BCUT2D eigenvalue weighted by atomic mass is 32.2. The summed E-state index contributed by atoms with van der Waals surface area (Å²) < 4.78 is 5.97. The summed E-state index contributed by atoms with van der Waals surface area (Å²) in [6.07, 6.45) is 12.1. The van der Waals surface area contributed by atoms with Crippen molar-refractivity contribution < 1.29 is 19.1 Å². The Morgan fingerprint density at radius 1 is 1.17 bits per heavy atom. The number of thioether (sulfide) groups is 1. The molecule has 4 nitrogen and oxygen atoms in total. The Morgan fingerprint density at radius 3 is 2.66 bits per heavy atom. The Balaban J connectivity index is 1.57. The van der Waals surface area contributed by atoms with Gasteiger partial charge in [-0.1, -0.05) is 37.3 Å². The van der Waals surface area contributed by atoms with E-state index in [1.54, 1.807) is 6.92 Å². The average molecular weight is 415 g/mol. The van der Waals surface area contributed by atoms with E-state index in [1.165, 1.54) is 17.3 Å². The summed E-state index contributed by atoms with van der Waals surface area (Å²) in [5, 5.41) is 0.334. The summed E-state index contributed by atoms with van der Waals surface area (Å²) in [6.45, 7) is 6.31. The molecule has 4 aliphatic carbocycles. The fraction of sp³-hybridized carbons (Fsp3) is 0.708. The second kappa shape index (κ2) is 6.32. The number of hydrogen-bond donors (Lipinski definition) is 0. The van der Waals surface area contributed by atoms with Crippen LogP contribution in [0.2, 0.25) is 0 Å². The third kappa shape index (κ3) is 2.62. The smallest absolute Gasteiger partial charge is 0.306 e. The molecular weight excluding hydrogens is 384 g/mol. The molecule has 3 fully saturated rings. The number of hydrogen-bond acceptors (Lipinski definition) is 5. The van der Waals surface area contributed by atoms with E-state index >= 15 is 0 Å².